The maximum Gasteiger partial charge on any atom is 0.407 e. The molecule has 0 bridgehead atoms. The lowest BCUT2D eigenvalue weighted by atomic mass is 9.93. The number of rotatable bonds is 11. The van der Waals surface area contributed by atoms with Crippen molar-refractivity contribution < 1.29 is 28.6 Å². The van der Waals surface area contributed by atoms with Crippen LogP contribution in [0.1, 0.15) is 82.7 Å². The summed E-state index contributed by atoms with van der Waals surface area (Å²) in [5.41, 5.74) is 7.73. The van der Waals surface area contributed by atoms with Crippen molar-refractivity contribution in [1.29, 1.82) is 0 Å². The molecule has 0 saturated carbocycles. The molecular formula is C42H53N8O6P. The summed E-state index contributed by atoms with van der Waals surface area (Å²) in [6.07, 6.45) is 6.13. The maximum atomic E-state index is 13.6. The average molecular weight is 797 g/mol. The topological polar surface area (TPSA) is 167 Å². The number of ether oxygens (including phenoxy) is 3. The zero-order valence-corrected chi connectivity index (χ0v) is 34.6. The van der Waals surface area contributed by atoms with E-state index in [0.717, 1.165) is 99.8 Å². The minimum atomic E-state index is -0.693. The molecule has 3 aliphatic rings. The van der Waals surface area contributed by atoms with Gasteiger partial charge >= 0.3 is 12.2 Å². The number of carbonyl (C=O) groups excluding carboxylic acids is 3. The molecule has 5 heterocycles. The maximum absolute atomic E-state index is 13.6. The lowest BCUT2D eigenvalue weighted by molar-refractivity contribution is -0.135. The lowest BCUT2D eigenvalue weighted by Crippen LogP contribution is -2.51. The monoisotopic (exact) mass is 796 g/mol. The van der Waals surface area contributed by atoms with Crippen LogP contribution >= 0.6 is 9.24 Å². The van der Waals surface area contributed by atoms with Gasteiger partial charge < -0.3 is 44.6 Å². The fourth-order valence-corrected chi connectivity index (χ4v) is 8.87. The SMILES string of the molecule is C=C(C(NC(=O)OC)C(C)C)N1CCC[C@H]1c1ncc(-c2ccc3c(c2P)OCc2cc(-c4cnc([C@@H]5CCCN5C(=O)[C@@H](NC(=O)OC)C(C)C)[nH]4)ccc2-3)[nH]1. The van der Waals surface area contributed by atoms with E-state index < -0.39 is 18.2 Å². The second-order valence-electron chi connectivity index (χ2n) is 15.7. The van der Waals surface area contributed by atoms with E-state index in [4.69, 9.17) is 24.2 Å². The Morgan fingerprint density at radius 1 is 0.825 bits per heavy atom. The highest BCUT2D eigenvalue weighted by molar-refractivity contribution is 7.28. The van der Waals surface area contributed by atoms with Gasteiger partial charge in [-0.1, -0.05) is 52.5 Å². The van der Waals surface area contributed by atoms with Crippen LogP contribution in [0.2, 0.25) is 0 Å². The summed E-state index contributed by atoms with van der Waals surface area (Å²) in [6, 6.07) is 9.38. The Bertz CT molecular complexity index is 2160. The van der Waals surface area contributed by atoms with E-state index in [1.165, 1.54) is 14.2 Å². The number of fused-ring (bicyclic) bond motifs is 3. The quantitative estimate of drug-likeness (QED) is 0.122. The number of amides is 3. The molecule has 3 aliphatic heterocycles. The number of likely N-dealkylation sites (tertiary alicyclic amines) is 2. The van der Waals surface area contributed by atoms with Gasteiger partial charge in [0.15, 0.2) is 0 Å². The van der Waals surface area contributed by atoms with Gasteiger partial charge in [-0.2, -0.15) is 0 Å². The number of carbonyl (C=O) groups is 3. The van der Waals surface area contributed by atoms with E-state index in [1.54, 1.807) is 0 Å². The highest BCUT2D eigenvalue weighted by Gasteiger charge is 2.38. The Morgan fingerprint density at radius 3 is 2.04 bits per heavy atom. The highest BCUT2D eigenvalue weighted by Crippen LogP contribution is 2.42. The molecule has 2 saturated heterocycles. The summed E-state index contributed by atoms with van der Waals surface area (Å²) in [4.78, 5) is 58.4. The number of alkyl carbamates (subject to hydrolysis) is 2. The number of aromatic amines is 2. The number of hydrogen-bond donors (Lipinski definition) is 4. The number of H-pyrrole nitrogens is 2. The smallest absolute Gasteiger partial charge is 0.407 e. The van der Waals surface area contributed by atoms with Crippen molar-refractivity contribution in [3.63, 3.8) is 0 Å². The molecule has 0 aliphatic carbocycles. The largest absolute Gasteiger partial charge is 0.488 e. The standard InChI is InChI=1S/C42H53N8O6P/c1-22(2)34(47-41(52)54-6)24(5)49-16-8-10-32(49)38-44-20-31(46-38)29-15-14-28-27-13-12-25(18-26(27)21-56-36(28)37(29)57)30-19-43-39(45-30)33-11-9-17-50(33)40(51)35(23(3)4)48-42(53)55-7/h12-15,18-20,22-23,32-35H,5,8-11,16-17,21,57H2,1-4,6-7H3,(H,43,45)(H,44,46)(H,47,52)(H,48,53)/t32-,33-,34?,35-/m0/s1. The van der Waals surface area contributed by atoms with E-state index in [9.17, 15) is 14.4 Å². The first-order valence-electron chi connectivity index (χ1n) is 19.6. The van der Waals surface area contributed by atoms with E-state index in [0.29, 0.717) is 13.2 Å². The van der Waals surface area contributed by atoms with E-state index in [-0.39, 0.29) is 35.9 Å². The Hall–Kier alpha value is -5.36. The number of aromatic nitrogens is 4. The molecule has 0 spiro atoms. The predicted octanol–water partition coefficient (Wildman–Crippen LogP) is 6.60. The molecule has 2 unspecified atom stereocenters. The van der Waals surface area contributed by atoms with Crippen LogP contribution < -0.4 is 20.7 Å². The highest BCUT2D eigenvalue weighted by atomic mass is 31.0. The molecule has 0 radical (unpaired) electrons. The van der Waals surface area contributed by atoms with Crippen molar-refractivity contribution in [3.8, 4) is 39.4 Å². The minimum absolute atomic E-state index is 0.00738. The molecule has 2 fully saturated rings. The average Bonchev–Trinajstić information content (AvgIpc) is 4.05. The zero-order valence-electron chi connectivity index (χ0n) is 33.5. The van der Waals surface area contributed by atoms with Crippen LogP contribution in [0.15, 0.2) is 55.0 Å². The minimum Gasteiger partial charge on any atom is -0.488 e. The van der Waals surface area contributed by atoms with Gasteiger partial charge in [-0.15, -0.1) is 9.24 Å². The van der Waals surface area contributed by atoms with Gasteiger partial charge in [0.05, 0.1) is 56.1 Å². The van der Waals surface area contributed by atoms with Crippen LogP contribution in [-0.4, -0.2) is 87.2 Å². The summed E-state index contributed by atoms with van der Waals surface area (Å²) in [5, 5.41) is 6.60. The fourth-order valence-electron chi connectivity index (χ4n) is 8.38. The van der Waals surface area contributed by atoms with Crippen LogP contribution in [0.25, 0.3) is 33.6 Å². The molecule has 7 rings (SSSR count). The Morgan fingerprint density at radius 2 is 1.39 bits per heavy atom. The molecule has 15 heteroatoms. The summed E-state index contributed by atoms with van der Waals surface area (Å²) in [5.74, 6) is 2.27. The molecule has 14 nitrogen and oxygen atoms in total. The van der Waals surface area contributed by atoms with Crippen molar-refractivity contribution in [2.45, 2.75) is 84.2 Å². The second-order valence-corrected chi connectivity index (χ2v) is 16.3. The number of imidazole rings is 2. The molecule has 4 aromatic rings. The third-order valence-electron chi connectivity index (χ3n) is 11.4. The fraction of sp³-hybridized carbons (Fsp3) is 0.452. The predicted molar refractivity (Wildman–Crippen MR) is 221 cm³/mol. The number of methoxy groups -OCH3 is 2. The third kappa shape index (κ3) is 7.84. The van der Waals surface area contributed by atoms with Gasteiger partial charge in [-0.3, -0.25) is 4.79 Å². The number of hydrogen-bond acceptors (Lipinski definition) is 9. The van der Waals surface area contributed by atoms with Gasteiger partial charge in [0.25, 0.3) is 0 Å². The van der Waals surface area contributed by atoms with Gasteiger partial charge in [0, 0.05) is 35.2 Å². The van der Waals surface area contributed by atoms with E-state index in [2.05, 4.69) is 85.5 Å². The number of nitrogens with zero attached hydrogens (tertiary/aromatic N) is 4. The van der Waals surface area contributed by atoms with Crippen LogP contribution in [-0.2, 0) is 20.9 Å². The van der Waals surface area contributed by atoms with Crippen molar-refractivity contribution in [1.82, 2.24) is 40.4 Å². The lowest BCUT2D eigenvalue weighted by Gasteiger charge is -2.34. The molecule has 5 atom stereocenters. The number of nitrogens with one attached hydrogen (secondary N) is 4. The first-order valence-corrected chi connectivity index (χ1v) is 20.2. The van der Waals surface area contributed by atoms with E-state index >= 15 is 0 Å². The third-order valence-corrected chi connectivity index (χ3v) is 12.0. The van der Waals surface area contributed by atoms with Crippen molar-refractivity contribution in [2.75, 3.05) is 27.3 Å². The van der Waals surface area contributed by atoms with Crippen molar-refractivity contribution >= 4 is 32.6 Å². The van der Waals surface area contributed by atoms with Crippen LogP contribution in [0, 0.1) is 11.8 Å². The van der Waals surface area contributed by atoms with Gasteiger partial charge in [0.1, 0.15) is 30.0 Å². The Labute approximate surface area is 335 Å². The second kappa shape index (κ2) is 16.6. The molecular weight excluding hydrogens is 743 g/mol. The molecule has 2 aromatic carbocycles. The first kappa shape index (κ1) is 39.9. The van der Waals surface area contributed by atoms with Gasteiger partial charge in [-0.25, -0.2) is 19.6 Å². The molecule has 3 amide bonds. The van der Waals surface area contributed by atoms with Gasteiger partial charge in [0.2, 0.25) is 5.91 Å². The number of benzene rings is 2. The summed E-state index contributed by atoms with van der Waals surface area (Å²) in [7, 11) is 5.54. The van der Waals surface area contributed by atoms with Gasteiger partial charge in [-0.05, 0) is 66.3 Å². The van der Waals surface area contributed by atoms with Crippen molar-refractivity contribution in [3.05, 3.63) is 72.2 Å². The Kier molecular flexibility index (Phi) is 11.6. The summed E-state index contributed by atoms with van der Waals surface area (Å²) in [6.45, 7) is 14.1. The molecule has 302 valence electrons. The molecule has 2 aromatic heterocycles. The summed E-state index contributed by atoms with van der Waals surface area (Å²) < 4.78 is 16.1. The van der Waals surface area contributed by atoms with E-state index in [1.807, 2.05) is 31.1 Å². The normalized spacial score (nSPS) is 18.5. The Balaban J connectivity index is 1.08. The van der Waals surface area contributed by atoms with Crippen LogP contribution in [0.4, 0.5) is 9.59 Å². The zero-order chi connectivity index (χ0) is 40.5. The molecule has 4 N–H and O–H groups in total. The van der Waals surface area contributed by atoms with Crippen LogP contribution in [0.3, 0.4) is 0 Å². The van der Waals surface area contributed by atoms with Crippen molar-refractivity contribution in [2.24, 2.45) is 11.8 Å². The molecule has 57 heavy (non-hydrogen) atoms. The van der Waals surface area contributed by atoms with Crippen LogP contribution in [0.5, 0.6) is 5.75 Å². The first-order chi connectivity index (χ1) is 27.4. The summed E-state index contributed by atoms with van der Waals surface area (Å²) >= 11 is 0.